The minimum atomic E-state index is -3.62. The van der Waals surface area contributed by atoms with Crippen LogP contribution in [0.4, 0.5) is 10.5 Å². The first-order valence-electron chi connectivity index (χ1n) is 10.8. The molecule has 5 rings (SSSR count). The van der Waals surface area contributed by atoms with Crippen molar-refractivity contribution in [3.05, 3.63) is 34.5 Å². The summed E-state index contributed by atoms with van der Waals surface area (Å²) in [4.78, 5) is 12.9. The highest BCUT2D eigenvalue weighted by Gasteiger charge is 2.31. The van der Waals surface area contributed by atoms with E-state index in [0.29, 0.717) is 25.1 Å². The number of anilines is 1. The number of fused-ring (bicyclic) bond motifs is 3. The summed E-state index contributed by atoms with van der Waals surface area (Å²) in [5, 5.41) is 23.3. The van der Waals surface area contributed by atoms with Gasteiger partial charge in [-0.15, -0.1) is 10.8 Å². The molecule has 33 heavy (non-hydrogen) atoms. The predicted molar refractivity (Wildman–Crippen MR) is 120 cm³/mol. The highest BCUT2D eigenvalue weighted by atomic mass is 32.2. The fourth-order valence-electron chi connectivity index (χ4n) is 4.79. The highest BCUT2D eigenvalue weighted by molar-refractivity contribution is 7.91. The summed E-state index contributed by atoms with van der Waals surface area (Å²) in [6, 6.07) is 1.24. The van der Waals surface area contributed by atoms with Gasteiger partial charge in [-0.2, -0.15) is 5.10 Å². The lowest BCUT2D eigenvalue weighted by Crippen LogP contribution is -2.33. The molecule has 1 aliphatic heterocycles. The van der Waals surface area contributed by atoms with Gasteiger partial charge < -0.3 is 19.9 Å². The third kappa shape index (κ3) is 4.00. The van der Waals surface area contributed by atoms with Crippen LogP contribution in [0.3, 0.4) is 0 Å². The zero-order valence-corrected chi connectivity index (χ0v) is 18.8. The van der Waals surface area contributed by atoms with Gasteiger partial charge in [-0.05, 0) is 54.4 Å². The summed E-state index contributed by atoms with van der Waals surface area (Å²) in [6.07, 6.45) is 9.65. The van der Waals surface area contributed by atoms with Gasteiger partial charge in [0.15, 0.2) is 9.92 Å². The van der Waals surface area contributed by atoms with Crippen LogP contribution in [0.2, 0.25) is 0 Å². The largest absolute Gasteiger partial charge is 0.474 e. The number of nitrogens with one attached hydrogen (secondary N) is 1. The van der Waals surface area contributed by atoms with Crippen molar-refractivity contribution in [3.63, 3.8) is 0 Å². The molecule has 11 heteroatoms. The number of nitrogens with two attached hydrogens (primary N) is 1. The molecule has 0 saturated carbocycles. The maximum atomic E-state index is 13.2. The summed E-state index contributed by atoms with van der Waals surface area (Å²) in [5.74, 6) is 2.59. The van der Waals surface area contributed by atoms with Crippen LogP contribution in [0.25, 0.3) is 0 Å². The SMILES string of the molecule is C#CCOC1COc2c(S(N)(=O)=NC(=O)Nc3c4c(cc5c3CCC5O)CCC4)cnn2C1. The fourth-order valence-corrected chi connectivity index (χ4v) is 5.79. The van der Waals surface area contributed by atoms with E-state index in [1.54, 1.807) is 0 Å². The van der Waals surface area contributed by atoms with Crippen LogP contribution in [0.15, 0.2) is 21.5 Å². The molecule has 2 amide bonds. The lowest BCUT2D eigenvalue weighted by molar-refractivity contribution is 0.00163. The third-order valence-corrected chi connectivity index (χ3v) is 7.63. The quantitative estimate of drug-likeness (QED) is 0.580. The van der Waals surface area contributed by atoms with Gasteiger partial charge in [0, 0.05) is 5.69 Å². The molecule has 0 fully saturated rings. The molecule has 0 radical (unpaired) electrons. The average Bonchev–Trinajstić information content (AvgIpc) is 3.50. The van der Waals surface area contributed by atoms with Gasteiger partial charge in [0.05, 0.1) is 18.8 Å². The molecule has 3 aliphatic rings. The second-order valence-electron chi connectivity index (χ2n) is 8.40. The molecular formula is C22H25N5O5S. The minimum Gasteiger partial charge on any atom is -0.474 e. The third-order valence-electron chi connectivity index (χ3n) is 6.28. The van der Waals surface area contributed by atoms with Crippen molar-refractivity contribution in [1.29, 1.82) is 0 Å². The van der Waals surface area contributed by atoms with Crippen LogP contribution in [0.5, 0.6) is 5.88 Å². The number of aliphatic hydroxyl groups excluding tert-OH is 1. The van der Waals surface area contributed by atoms with Crippen molar-refractivity contribution in [2.24, 2.45) is 9.50 Å². The molecule has 0 spiro atoms. The van der Waals surface area contributed by atoms with E-state index in [1.807, 2.05) is 6.07 Å². The number of urea groups is 1. The van der Waals surface area contributed by atoms with Gasteiger partial charge in [-0.25, -0.2) is 18.8 Å². The van der Waals surface area contributed by atoms with Crippen molar-refractivity contribution in [2.45, 2.75) is 55.8 Å². The number of benzene rings is 1. The van der Waals surface area contributed by atoms with Gasteiger partial charge in [-0.1, -0.05) is 12.0 Å². The average molecular weight is 472 g/mol. The molecule has 1 aromatic heterocycles. The first kappa shape index (κ1) is 21.9. The number of rotatable bonds is 4. The molecule has 10 nitrogen and oxygen atoms in total. The standard InChI is InChI=1S/C22H25N5O5S/c1-2-8-31-14-11-27-21(32-12-14)19(10-24-27)33(23,30)26-22(29)25-20-15-5-3-4-13(15)9-17-16(20)6-7-18(17)28/h1,9-10,14,18,28H,3-8,11-12H2,(H3,23,25,26,29,30). The fraction of sp³-hybridized carbons (Fsp3) is 0.455. The minimum absolute atomic E-state index is 0.0481. The van der Waals surface area contributed by atoms with Crippen molar-refractivity contribution in [3.8, 4) is 18.2 Å². The lowest BCUT2D eigenvalue weighted by Gasteiger charge is -2.24. The topological polar surface area (TPSA) is 141 Å². The number of aryl methyl sites for hydroxylation is 1. The Labute approximate surface area is 191 Å². The molecule has 2 aliphatic carbocycles. The highest BCUT2D eigenvalue weighted by Crippen LogP contribution is 2.42. The Hall–Kier alpha value is -2.91. The Balaban J connectivity index is 1.41. The number of hydrogen-bond donors (Lipinski definition) is 3. The molecule has 0 bridgehead atoms. The monoisotopic (exact) mass is 471 g/mol. The molecule has 3 unspecified atom stereocenters. The molecule has 0 saturated heterocycles. The Morgan fingerprint density at radius 2 is 2.30 bits per heavy atom. The number of ether oxygens (including phenoxy) is 2. The van der Waals surface area contributed by atoms with E-state index in [4.69, 9.17) is 21.0 Å². The zero-order valence-electron chi connectivity index (χ0n) is 18.0. The van der Waals surface area contributed by atoms with Crippen LogP contribution in [-0.2, 0) is 40.5 Å². The van der Waals surface area contributed by atoms with Crippen LogP contribution < -0.4 is 15.2 Å². The number of nitrogens with zero attached hydrogens (tertiary/aromatic N) is 3. The van der Waals surface area contributed by atoms with Gasteiger partial charge in [0.1, 0.15) is 24.2 Å². The summed E-state index contributed by atoms with van der Waals surface area (Å²) >= 11 is 0. The van der Waals surface area contributed by atoms with Gasteiger partial charge in [-0.3, -0.25) is 0 Å². The molecule has 3 atom stereocenters. The second-order valence-corrected chi connectivity index (χ2v) is 10.2. The number of terminal acetylenes is 1. The summed E-state index contributed by atoms with van der Waals surface area (Å²) in [5.41, 5.74) is 4.61. The normalized spacial score (nSPS) is 22.3. The van der Waals surface area contributed by atoms with E-state index in [1.165, 1.54) is 10.9 Å². The molecular weight excluding hydrogens is 446 g/mol. The maximum absolute atomic E-state index is 13.2. The summed E-state index contributed by atoms with van der Waals surface area (Å²) in [7, 11) is -3.62. The van der Waals surface area contributed by atoms with Gasteiger partial charge in [0.25, 0.3) is 0 Å². The van der Waals surface area contributed by atoms with E-state index in [0.717, 1.165) is 41.5 Å². The van der Waals surface area contributed by atoms with Gasteiger partial charge >= 0.3 is 6.03 Å². The molecule has 4 N–H and O–H groups in total. The van der Waals surface area contributed by atoms with Crippen LogP contribution in [-0.4, -0.2) is 44.4 Å². The molecule has 174 valence electrons. The predicted octanol–water partition coefficient (Wildman–Crippen LogP) is 1.69. The maximum Gasteiger partial charge on any atom is 0.354 e. The van der Waals surface area contributed by atoms with E-state index >= 15 is 0 Å². The van der Waals surface area contributed by atoms with Crippen molar-refractivity contribution < 1.29 is 23.6 Å². The smallest absolute Gasteiger partial charge is 0.354 e. The van der Waals surface area contributed by atoms with Crippen molar-refractivity contribution in [2.75, 3.05) is 18.5 Å². The van der Waals surface area contributed by atoms with Crippen molar-refractivity contribution in [1.82, 2.24) is 9.78 Å². The first-order chi connectivity index (χ1) is 15.9. The molecule has 2 heterocycles. The summed E-state index contributed by atoms with van der Waals surface area (Å²) < 4.78 is 29.6. The zero-order chi connectivity index (χ0) is 23.2. The van der Waals surface area contributed by atoms with E-state index in [2.05, 4.69) is 20.7 Å². The number of hydrogen-bond acceptors (Lipinski definition) is 6. The van der Waals surface area contributed by atoms with Crippen molar-refractivity contribution >= 4 is 21.6 Å². The molecule has 1 aromatic carbocycles. The number of carbonyl (C=O) groups is 1. The lowest BCUT2D eigenvalue weighted by atomic mass is 9.98. The Kier molecular flexibility index (Phi) is 5.62. The number of carbonyl (C=O) groups excluding carboxylic acids is 1. The van der Waals surface area contributed by atoms with Crippen LogP contribution >= 0.6 is 0 Å². The van der Waals surface area contributed by atoms with E-state index in [9.17, 15) is 14.1 Å². The van der Waals surface area contributed by atoms with E-state index in [-0.39, 0.29) is 30.1 Å². The Bertz CT molecular complexity index is 1290. The first-order valence-corrected chi connectivity index (χ1v) is 12.4. The second kappa shape index (κ2) is 8.46. The number of amides is 2. The van der Waals surface area contributed by atoms with E-state index < -0.39 is 22.1 Å². The Morgan fingerprint density at radius 1 is 1.45 bits per heavy atom. The van der Waals surface area contributed by atoms with Gasteiger partial charge in [0.2, 0.25) is 5.88 Å². The Morgan fingerprint density at radius 3 is 3.12 bits per heavy atom. The van der Waals surface area contributed by atoms with Crippen LogP contribution in [0, 0.1) is 12.3 Å². The molecule has 2 aromatic rings. The number of aromatic nitrogens is 2. The number of aliphatic hydroxyl groups is 1. The summed E-state index contributed by atoms with van der Waals surface area (Å²) in [6.45, 7) is 0.681. The van der Waals surface area contributed by atoms with Crippen LogP contribution in [0.1, 0.15) is 41.2 Å².